The molecule has 2 atom stereocenters. The minimum atomic E-state index is -0.791. The fraction of sp³-hybridized carbons (Fsp3) is 0.462. The molecule has 1 aliphatic carbocycles. The number of benzene rings is 1. The van der Waals surface area contributed by atoms with E-state index in [0.717, 1.165) is 12.8 Å². The van der Waals surface area contributed by atoms with Crippen LogP contribution in [-0.4, -0.2) is 22.5 Å². The number of nitrogens with zero attached hydrogens (tertiary/aromatic N) is 1. The highest BCUT2D eigenvalue weighted by molar-refractivity contribution is 6.39. The van der Waals surface area contributed by atoms with Crippen LogP contribution in [0.4, 0.5) is 11.4 Å². The van der Waals surface area contributed by atoms with Crippen LogP contribution in [0.25, 0.3) is 0 Å². The normalized spacial score (nSPS) is 21.2. The van der Waals surface area contributed by atoms with Crippen LogP contribution in [0.5, 0.6) is 0 Å². The van der Waals surface area contributed by atoms with Gasteiger partial charge in [0.25, 0.3) is 5.69 Å². The van der Waals surface area contributed by atoms with Crippen LogP contribution < -0.4 is 5.32 Å². The maximum Gasteiger partial charge on any atom is 0.306 e. The predicted molar refractivity (Wildman–Crippen MR) is 80.1 cm³/mol. The summed E-state index contributed by atoms with van der Waals surface area (Å²) < 4.78 is 0. The van der Waals surface area contributed by atoms with E-state index in [1.165, 1.54) is 12.1 Å². The predicted octanol–water partition coefficient (Wildman–Crippen LogP) is 3.81. The molecule has 0 amide bonds. The number of carboxylic acids is 1. The van der Waals surface area contributed by atoms with Crippen LogP contribution in [0.2, 0.25) is 10.0 Å². The Morgan fingerprint density at radius 2 is 2.00 bits per heavy atom. The van der Waals surface area contributed by atoms with Crippen LogP contribution in [-0.2, 0) is 4.79 Å². The Morgan fingerprint density at radius 3 is 2.52 bits per heavy atom. The monoisotopic (exact) mass is 332 g/mol. The third-order valence-corrected chi connectivity index (χ3v) is 4.35. The zero-order chi connectivity index (χ0) is 15.6. The van der Waals surface area contributed by atoms with Crippen LogP contribution in [0.3, 0.4) is 0 Å². The maximum absolute atomic E-state index is 11.1. The molecule has 6 nitrogen and oxygen atoms in total. The fourth-order valence-electron chi connectivity index (χ4n) is 2.67. The van der Waals surface area contributed by atoms with E-state index >= 15 is 0 Å². The molecule has 2 rings (SSSR count). The van der Waals surface area contributed by atoms with E-state index in [1.807, 2.05) is 0 Å². The Balaban J connectivity index is 2.10. The van der Waals surface area contributed by atoms with Crippen LogP contribution in [0.1, 0.15) is 19.3 Å². The van der Waals surface area contributed by atoms with E-state index in [1.54, 1.807) is 0 Å². The third kappa shape index (κ3) is 3.57. The number of nitrogens with one attached hydrogen (secondary N) is 1. The molecule has 1 aliphatic rings. The molecule has 1 aromatic rings. The molecule has 0 aromatic heterocycles. The van der Waals surface area contributed by atoms with Crippen molar-refractivity contribution < 1.29 is 14.8 Å². The molecule has 2 N–H and O–H groups in total. The summed E-state index contributed by atoms with van der Waals surface area (Å²) in [5.74, 6) is -1.15. The molecule has 0 heterocycles. The van der Waals surface area contributed by atoms with Crippen molar-refractivity contribution in [2.75, 3.05) is 11.9 Å². The summed E-state index contributed by atoms with van der Waals surface area (Å²) in [4.78, 5) is 21.3. The Morgan fingerprint density at radius 1 is 1.38 bits per heavy atom. The molecule has 0 bridgehead atoms. The van der Waals surface area contributed by atoms with E-state index in [9.17, 15) is 14.9 Å². The van der Waals surface area contributed by atoms with Crippen molar-refractivity contribution in [2.45, 2.75) is 19.3 Å². The molecule has 8 heteroatoms. The highest BCUT2D eigenvalue weighted by Crippen LogP contribution is 2.37. The lowest BCUT2D eigenvalue weighted by Gasteiger charge is -2.18. The summed E-state index contributed by atoms with van der Waals surface area (Å²) >= 11 is 12.0. The smallest absolute Gasteiger partial charge is 0.306 e. The van der Waals surface area contributed by atoms with Crippen molar-refractivity contribution in [2.24, 2.45) is 11.8 Å². The van der Waals surface area contributed by atoms with Crippen molar-refractivity contribution in [1.82, 2.24) is 0 Å². The van der Waals surface area contributed by atoms with Gasteiger partial charge in [0.15, 0.2) is 0 Å². The Bertz CT molecular complexity index is 556. The standard InChI is InChI=1S/C13H14Cl2N2O4/c14-10-4-8(17(20)21)5-11(15)12(10)16-6-7-2-1-3-9(7)13(18)19/h4-5,7,9,16H,1-3,6H2,(H,18,19). The van der Waals surface area contributed by atoms with Gasteiger partial charge in [-0.2, -0.15) is 0 Å². The quantitative estimate of drug-likeness (QED) is 0.631. The highest BCUT2D eigenvalue weighted by atomic mass is 35.5. The summed E-state index contributed by atoms with van der Waals surface area (Å²) in [6.45, 7) is 0.425. The first-order valence-corrected chi connectivity index (χ1v) is 7.26. The number of carbonyl (C=O) groups is 1. The van der Waals surface area contributed by atoms with Gasteiger partial charge in [-0.15, -0.1) is 0 Å². The van der Waals surface area contributed by atoms with Crippen molar-refractivity contribution in [3.05, 3.63) is 32.3 Å². The minimum absolute atomic E-state index is 0.00447. The van der Waals surface area contributed by atoms with Gasteiger partial charge in [0.1, 0.15) is 0 Å². The molecule has 1 fully saturated rings. The topological polar surface area (TPSA) is 92.5 Å². The third-order valence-electron chi connectivity index (χ3n) is 3.75. The van der Waals surface area contributed by atoms with E-state index < -0.39 is 10.9 Å². The molecule has 1 saturated carbocycles. The van der Waals surface area contributed by atoms with Gasteiger partial charge in [0, 0.05) is 18.7 Å². The van der Waals surface area contributed by atoms with E-state index in [-0.39, 0.29) is 27.6 Å². The van der Waals surface area contributed by atoms with Gasteiger partial charge < -0.3 is 10.4 Å². The number of hydrogen-bond acceptors (Lipinski definition) is 4. The molecule has 0 aliphatic heterocycles. The number of halogens is 2. The fourth-order valence-corrected chi connectivity index (χ4v) is 3.28. The summed E-state index contributed by atoms with van der Waals surface area (Å²) in [7, 11) is 0. The Labute approximate surface area is 131 Å². The molecule has 0 radical (unpaired) electrons. The second kappa shape index (κ2) is 6.49. The van der Waals surface area contributed by atoms with Crippen molar-refractivity contribution in [3.63, 3.8) is 0 Å². The van der Waals surface area contributed by atoms with Gasteiger partial charge >= 0.3 is 5.97 Å². The molecule has 2 unspecified atom stereocenters. The van der Waals surface area contributed by atoms with Crippen molar-refractivity contribution in [3.8, 4) is 0 Å². The van der Waals surface area contributed by atoms with Gasteiger partial charge in [0.2, 0.25) is 0 Å². The average Bonchev–Trinajstić information content (AvgIpc) is 2.86. The number of nitro benzene ring substituents is 1. The summed E-state index contributed by atoms with van der Waals surface area (Å²) in [6.07, 6.45) is 2.38. The number of nitro groups is 1. The Kier molecular flexibility index (Phi) is 4.90. The number of hydrogen-bond donors (Lipinski definition) is 2. The van der Waals surface area contributed by atoms with E-state index in [0.29, 0.717) is 18.7 Å². The number of carboxylic acid groups (broad SMARTS) is 1. The molecule has 0 spiro atoms. The Hall–Kier alpha value is -1.53. The number of anilines is 1. The second-order valence-corrected chi connectivity index (χ2v) is 5.87. The second-order valence-electron chi connectivity index (χ2n) is 5.06. The van der Waals surface area contributed by atoms with Gasteiger partial charge in [-0.3, -0.25) is 14.9 Å². The molecular weight excluding hydrogens is 319 g/mol. The van der Waals surface area contributed by atoms with Gasteiger partial charge in [-0.25, -0.2) is 0 Å². The first kappa shape index (κ1) is 15.9. The first-order chi connectivity index (χ1) is 9.90. The largest absolute Gasteiger partial charge is 0.481 e. The van der Waals surface area contributed by atoms with Crippen molar-refractivity contribution in [1.29, 1.82) is 0 Å². The summed E-state index contributed by atoms with van der Waals surface area (Å²) in [5.41, 5.74) is 0.222. The van der Waals surface area contributed by atoms with Crippen LogP contribution in [0.15, 0.2) is 12.1 Å². The summed E-state index contributed by atoms with van der Waals surface area (Å²) in [6, 6.07) is 2.44. The van der Waals surface area contributed by atoms with Crippen LogP contribution in [0, 0.1) is 22.0 Å². The molecule has 114 valence electrons. The zero-order valence-electron chi connectivity index (χ0n) is 11.0. The number of non-ortho nitro benzene ring substituents is 1. The molecule has 0 saturated heterocycles. The maximum atomic E-state index is 11.1. The molecular formula is C13H14Cl2N2O4. The lowest BCUT2D eigenvalue weighted by molar-refractivity contribution is -0.384. The molecule has 21 heavy (non-hydrogen) atoms. The van der Waals surface area contributed by atoms with Gasteiger partial charge in [-0.1, -0.05) is 29.6 Å². The average molecular weight is 333 g/mol. The van der Waals surface area contributed by atoms with E-state index in [4.69, 9.17) is 28.3 Å². The minimum Gasteiger partial charge on any atom is -0.481 e. The summed E-state index contributed by atoms with van der Waals surface area (Å²) in [5, 5.41) is 23.2. The van der Waals surface area contributed by atoms with Crippen LogP contribution >= 0.6 is 23.2 Å². The highest BCUT2D eigenvalue weighted by Gasteiger charge is 2.32. The lowest BCUT2D eigenvalue weighted by atomic mass is 9.96. The van der Waals surface area contributed by atoms with Gasteiger partial charge in [-0.05, 0) is 18.8 Å². The lowest BCUT2D eigenvalue weighted by Crippen LogP contribution is -2.24. The number of rotatable bonds is 5. The van der Waals surface area contributed by atoms with Crippen molar-refractivity contribution >= 4 is 40.5 Å². The number of aliphatic carboxylic acids is 1. The molecule has 1 aromatic carbocycles. The first-order valence-electron chi connectivity index (χ1n) is 6.50. The van der Waals surface area contributed by atoms with E-state index in [2.05, 4.69) is 5.32 Å². The SMILES string of the molecule is O=C(O)C1CCCC1CNc1c(Cl)cc([N+](=O)[O-])cc1Cl. The zero-order valence-corrected chi connectivity index (χ0v) is 12.5. The van der Waals surface area contributed by atoms with Gasteiger partial charge in [0.05, 0.1) is 26.6 Å².